The molecule has 2 atom stereocenters. The number of thiazole rings is 1. The molecule has 22 heavy (non-hydrogen) atoms. The summed E-state index contributed by atoms with van der Waals surface area (Å²) < 4.78 is 5.74. The second-order valence-electron chi connectivity index (χ2n) is 5.48. The third kappa shape index (κ3) is 3.10. The van der Waals surface area contributed by atoms with Crippen LogP contribution < -0.4 is 4.90 Å². The van der Waals surface area contributed by atoms with Gasteiger partial charge in [0.05, 0.1) is 22.8 Å². The van der Waals surface area contributed by atoms with Crippen LogP contribution in [0.1, 0.15) is 13.8 Å². The lowest BCUT2D eigenvalue weighted by Crippen LogP contribution is -2.45. The van der Waals surface area contributed by atoms with Crippen molar-refractivity contribution in [3.8, 4) is 11.3 Å². The standard InChI is InChI=1S/C15H17N3O3S/c1-10-7-17(8-11(2)21-10)15-16-14(9-22-15)12-3-5-13(6-4-12)18(19)20/h3-6,9-11H,7-8H2,1-2H3/t10-,11-/m1/s1. The monoisotopic (exact) mass is 319 g/mol. The number of rotatable bonds is 3. The maximum Gasteiger partial charge on any atom is 0.269 e. The number of nitrogens with zero attached hydrogens (tertiary/aromatic N) is 3. The van der Waals surface area contributed by atoms with Gasteiger partial charge in [-0.05, 0) is 26.0 Å². The molecule has 0 saturated carbocycles. The average molecular weight is 319 g/mol. The van der Waals surface area contributed by atoms with Crippen LogP contribution in [0.3, 0.4) is 0 Å². The minimum absolute atomic E-state index is 0.0926. The van der Waals surface area contributed by atoms with Gasteiger partial charge in [-0.3, -0.25) is 10.1 Å². The van der Waals surface area contributed by atoms with E-state index in [0.717, 1.165) is 29.5 Å². The zero-order chi connectivity index (χ0) is 15.7. The van der Waals surface area contributed by atoms with Gasteiger partial charge in [-0.1, -0.05) is 0 Å². The Morgan fingerprint density at radius 2 is 1.91 bits per heavy atom. The highest BCUT2D eigenvalue weighted by atomic mass is 32.1. The molecule has 0 unspecified atom stereocenters. The molecule has 3 rings (SSSR count). The number of morpholine rings is 1. The van der Waals surface area contributed by atoms with Gasteiger partial charge in [0, 0.05) is 36.2 Å². The summed E-state index contributed by atoms with van der Waals surface area (Å²) in [6.07, 6.45) is 0.381. The lowest BCUT2D eigenvalue weighted by atomic mass is 10.1. The number of aromatic nitrogens is 1. The normalized spacial score (nSPS) is 21.8. The van der Waals surface area contributed by atoms with E-state index < -0.39 is 4.92 Å². The van der Waals surface area contributed by atoms with E-state index >= 15 is 0 Å². The molecule has 7 heteroatoms. The number of non-ortho nitro benzene ring substituents is 1. The highest BCUT2D eigenvalue weighted by Gasteiger charge is 2.24. The van der Waals surface area contributed by atoms with Crippen molar-refractivity contribution in [2.24, 2.45) is 0 Å². The fourth-order valence-electron chi connectivity index (χ4n) is 2.63. The van der Waals surface area contributed by atoms with Crippen LogP contribution in [0.25, 0.3) is 11.3 Å². The molecule has 0 spiro atoms. The third-order valence-corrected chi connectivity index (χ3v) is 4.46. The predicted molar refractivity (Wildman–Crippen MR) is 86.4 cm³/mol. The first-order valence-electron chi connectivity index (χ1n) is 7.13. The number of hydrogen-bond donors (Lipinski definition) is 0. The first-order chi connectivity index (χ1) is 10.5. The fourth-order valence-corrected chi connectivity index (χ4v) is 3.49. The molecule has 0 aliphatic carbocycles. The van der Waals surface area contributed by atoms with Gasteiger partial charge in [-0.2, -0.15) is 0 Å². The summed E-state index contributed by atoms with van der Waals surface area (Å²) in [6.45, 7) is 5.79. The van der Waals surface area contributed by atoms with Crippen LogP contribution in [-0.4, -0.2) is 35.2 Å². The second-order valence-corrected chi connectivity index (χ2v) is 6.32. The van der Waals surface area contributed by atoms with Gasteiger partial charge in [-0.25, -0.2) is 4.98 Å². The van der Waals surface area contributed by atoms with Crippen LogP contribution in [0.2, 0.25) is 0 Å². The summed E-state index contributed by atoms with van der Waals surface area (Å²) in [7, 11) is 0. The molecule has 1 aliphatic heterocycles. The molecule has 0 amide bonds. The van der Waals surface area contributed by atoms with Crippen LogP contribution in [0.4, 0.5) is 10.8 Å². The molecule has 116 valence electrons. The third-order valence-electron chi connectivity index (χ3n) is 3.56. The van der Waals surface area contributed by atoms with E-state index in [1.54, 1.807) is 23.5 Å². The van der Waals surface area contributed by atoms with Gasteiger partial charge < -0.3 is 9.64 Å². The maximum absolute atomic E-state index is 10.7. The SMILES string of the molecule is C[C@@H]1CN(c2nc(-c3ccc([N+](=O)[O-])cc3)cs2)C[C@@H](C)O1. The fraction of sp³-hybridized carbons (Fsp3) is 0.400. The van der Waals surface area contributed by atoms with Gasteiger partial charge in [0.1, 0.15) is 0 Å². The summed E-state index contributed by atoms with van der Waals surface area (Å²) >= 11 is 1.59. The number of hydrogen-bond acceptors (Lipinski definition) is 6. The number of anilines is 1. The number of nitro groups is 1. The van der Waals surface area contributed by atoms with Crippen molar-refractivity contribution < 1.29 is 9.66 Å². The molecule has 1 aliphatic rings. The summed E-state index contributed by atoms with van der Waals surface area (Å²) in [5.41, 5.74) is 1.83. The molecule has 1 aromatic heterocycles. The molecular formula is C15H17N3O3S. The number of ether oxygens (including phenoxy) is 1. The largest absolute Gasteiger partial charge is 0.372 e. The van der Waals surface area contributed by atoms with E-state index in [4.69, 9.17) is 4.74 Å². The second kappa shape index (κ2) is 6.02. The van der Waals surface area contributed by atoms with Crippen LogP contribution in [0, 0.1) is 10.1 Å². The van der Waals surface area contributed by atoms with E-state index in [1.807, 2.05) is 5.38 Å². The highest BCUT2D eigenvalue weighted by molar-refractivity contribution is 7.14. The van der Waals surface area contributed by atoms with Crippen molar-refractivity contribution >= 4 is 22.2 Å². The lowest BCUT2D eigenvalue weighted by Gasteiger charge is -2.35. The molecule has 1 aromatic carbocycles. The molecule has 0 radical (unpaired) electrons. The van der Waals surface area contributed by atoms with Crippen LogP contribution in [0.15, 0.2) is 29.6 Å². The van der Waals surface area contributed by atoms with Crippen LogP contribution >= 0.6 is 11.3 Å². The Bertz CT molecular complexity index is 661. The first-order valence-corrected chi connectivity index (χ1v) is 8.01. The number of nitro benzene ring substituents is 1. The average Bonchev–Trinajstić information content (AvgIpc) is 2.96. The quantitative estimate of drug-likeness (QED) is 0.641. The van der Waals surface area contributed by atoms with Gasteiger partial charge in [0.2, 0.25) is 0 Å². The van der Waals surface area contributed by atoms with Crippen molar-refractivity contribution in [2.75, 3.05) is 18.0 Å². The summed E-state index contributed by atoms with van der Waals surface area (Å²) in [6, 6.07) is 6.49. The zero-order valence-corrected chi connectivity index (χ0v) is 13.2. The highest BCUT2D eigenvalue weighted by Crippen LogP contribution is 2.30. The Hall–Kier alpha value is -1.99. The minimum Gasteiger partial charge on any atom is -0.372 e. The van der Waals surface area contributed by atoms with Crippen LogP contribution in [0.5, 0.6) is 0 Å². The molecule has 1 fully saturated rings. The predicted octanol–water partition coefficient (Wildman–Crippen LogP) is 3.33. The smallest absolute Gasteiger partial charge is 0.269 e. The van der Waals surface area contributed by atoms with Gasteiger partial charge >= 0.3 is 0 Å². The topological polar surface area (TPSA) is 68.5 Å². The summed E-state index contributed by atoms with van der Waals surface area (Å²) in [4.78, 5) is 17.2. The molecule has 1 saturated heterocycles. The van der Waals surface area contributed by atoms with Crippen molar-refractivity contribution in [1.82, 2.24) is 4.98 Å². The van der Waals surface area contributed by atoms with Crippen molar-refractivity contribution in [1.29, 1.82) is 0 Å². The van der Waals surface area contributed by atoms with Crippen molar-refractivity contribution in [3.05, 3.63) is 39.8 Å². The Morgan fingerprint density at radius 1 is 1.27 bits per heavy atom. The Kier molecular flexibility index (Phi) is 4.08. The Labute approximate surface area is 132 Å². The minimum atomic E-state index is -0.396. The van der Waals surface area contributed by atoms with E-state index in [-0.39, 0.29) is 17.9 Å². The van der Waals surface area contributed by atoms with Crippen molar-refractivity contribution in [3.63, 3.8) is 0 Å². The Morgan fingerprint density at radius 3 is 2.50 bits per heavy atom. The van der Waals surface area contributed by atoms with E-state index in [2.05, 4.69) is 23.7 Å². The van der Waals surface area contributed by atoms with E-state index in [9.17, 15) is 10.1 Å². The van der Waals surface area contributed by atoms with Gasteiger partial charge in [-0.15, -0.1) is 11.3 Å². The van der Waals surface area contributed by atoms with E-state index in [0.29, 0.717) is 0 Å². The lowest BCUT2D eigenvalue weighted by molar-refractivity contribution is -0.384. The molecule has 2 aromatic rings. The van der Waals surface area contributed by atoms with Crippen molar-refractivity contribution in [2.45, 2.75) is 26.1 Å². The first kappa shape index (κ1) is 14.9. The van der Waals surface area contributed by atoms with Gasteiger partial charge in [0.25, 0.3) is 5.69 Å². The summed E-state index contributed by atoms with van der Waals surface area (Å²) in [5, 5.41) is 13.6. The molecule has 6 nitrogen and oxygen atoms in total. The summed E-state index contributed by atoms with van der Waals surface area (Å²) in [5.74, 6) is 0. The molecular weight excluding hydrogens is 302 g/mol. The van der Waals surface area contributed by atoms with E-state index in [1.165, 1.54) is 12.1 Å². The molecule has 0 bridgehead atoms. The molecule has 2 heterocycles. The maximum atomic E-state index is 10.7. The number of benzene rings is 1. The van der Waals surface area contributed by atoms with Gasteiger partial charge in [0.15, 0.2) is 5.13 Å². The Balaban J connectivity index is 1.79. The zero-order valence-electron chi connectivity index (χ0n) is 12.4. The van der Waals surface area contributed by atoms with Crippen LogP contribution in [-0.2, 0) is 4.74 Å². The molecule has 0 N–H and O–H groups in total.